The molecule has 0 aliphatic heterocycles. The van der Waals surface area contributed by atoms with Crippen LogP contribution in [0.5, 0.6) is 0 Å². The average molecular weight is 180 g/mol. The molecule has 0 unspecified atom stereocenters. The monoisotopic (exact) mass is 180 g/mol. The average Bonchev–Trinajstić information content (AvgIpc) is 2.03. The SMILES string of the molecule is [C-]#[N+]c1cc([N+](=O)[O-])c(F)cc1C. The number of nitrogens with zero attached hydrogens (tertiary/aromatic N) is 2. The van der Waals surface area contributed by atoms with Gasteiger partial charge in [-0.05, 0) is 18.6 Å². The van der Waals surface area contributed by atoms with Crippen molar-refractivity contribution in [2.24, 2.45) is 0 Å². The van der Waals surface area contributed by atoms with Crippen molar-refractivity contribution < 1.29 is 9.31 Å². The molecule has 66 valence electrons. The zero-order valence-corrected chi connectivity index (χ0v) is 6.74. The molecule has 1 aromatic rings. The second kappa shape index (κ2) is 3.19. The van der Waals surface area contributed by atoms with Crippen molar-refractivity contribution in [2.45, 2.75) is 6.92 Å². The zero-order chi connectivity index (χ0) is 10.0. The Morgan fingerprint density at radius 3 is 2.69 bits per heavy atom. The lowest BCUT2D eigenvalue weighted by Gasteiger charge is -1.97. The second-order valence-corrected chi connectivity index (χ2v) is 2.46. The molecule has 0 bridgehead atoms. The Morgan fingerprint density at radius 2 is 2.23 bits per heavy atom. The molecule has 0 aromatic heterocycles. The molecule has 0 aliphatic rings. The number of hydrogen-bond donors (Lipinski definition) is 0. The number of halogens is 1. The van der Waals surface area contributed by atoms with Crippen molar-refractivity contribution in [3.8, 4) is 0 Å². The molecule has 0 radical (unpaired) electrons. The third kappa shape index (κ3) is 1.62. The summed E-state index contributed by atoms with van der Waals surface area (Å²) >= 11 is 0. The van der Waals surface area contributed by atoms with Crippen LogP contribution in [0.15, 0.2) is 12.1 Å². The third-order valence-electron chi connectivity index (χ3n) is 1.58. The number of hydrogen-bond acceptors (Lipinski definition) is 2. The quantitative estimate of drug-likeness (QED) is 0.379. The normalized spacial score (nSPS) is 9.31. The van der Waals surface area contributed by atoms with Crippen LogP contribution in [0.1, 0.15) is 5.56 Å². The summed E-state index contributed by atoms with van der Waals surface area (Å²) in [6, 6.07) is 1.93. The molecular formula is C8H5FN2O2. The van der Waals surface area contributed by atoms with E-state index in [1.165, 1.54) is 6.92 Å². The van der Waals surface area contributed by atoms with Gasteiger partial charge in [0.05, 0.1) is 11.5 Å². The van der Waals surface area contributed by atoms with E-state index in [9.17, 15) is 14.5 Å². The van der Waals surface area contributed by atoms with Crippen LogP contribution in [-0.4, -0.2) is 4.92 Å². The number of rotatable bonds is 1. The maximum atomic E-state index is 12.9. The number of benzene rings is 1. The highest BCUT2D eigenvalue weighted by Gasteiger charge is 2.15. The summed E-state index contributed by atoms with van der Waals surface area (Å²) in [5.41, 5.74) is -0.150. The minimum atomic E-state index is -0.908. The van der Waals surface area contributed by atoms with E-state index in [-0.39, 0.29) is 5.69 Å². The van der Waals surface area contributed by atoms with Gasteiger partial charge in [0.2, 0.25) is 0 Å². The van der Waals surface area contributed by atoms with Crippen molar-refractivity contribution >= 4 is 11.4 Å². The van der Waals surface area contributed by atoms with Crippen LogP contribution in [0, 0.1) is 29.4 Å². The van der Waals surface area contributed by atoms with Gasteiger partial charge in [0.15, 0.2) is 11.5 Å². The van der Waals surface area contributed by atoms with E-state index in [1.807, 2.05) is 0 Å². The van der Waals surface area contributed by atoms with Crippen LogP contribution in [0.3, 0.4) is 0 Å². The lowest BCUT2D eigenvalue weighted by atomic mass is 10.2. The topological polar surface area (TPSA) is 47.5 Å². The highest BCUT2D eigenvalue weighted by Crippen LogP contribution is 2.27. The number of nitro benzene ring substituents is 1. The van der Waals surface area contributed by atoms with Gasteiger partial charge in [-0.25, -0.2) is 4.85 Å². The van der Waals surface area contributed by atoms with E-state index < -0.39 is 16.4 Å². The summed E-state index contributed by atoms with van der Waals surface area (Å²) in [5.74, 6) is -0.908. The van der Waals surface area contributed by atoms with E-state index in [2.05, 4.69) is 4.85 Å². The zero-order valence-electron chi connectivity index (χ0n) is 6.74. The Kier molecular flexibility index (Phi) is 2.24. The van der Waals surface area contributed by atoms with Gasteiger partial charge in [-0.2, -0.15) is 4.39 Å². The molecular weight excluding hydrogens is 175 g/mol. The molecule has 0 aliphatic carbocycles. The van der Waals surface area contributed by atoms with E-state index in [1.54, 1.807) is 0 Å². The fourth-order valence-corrected chi connectivity index (χ4v) is 0.911. The molecule has 0 amide bonds. The van der Waals surface area contributed by atoms with Crippen LogP contribution < -0.4 is 0 Å². The van der Waals surface area contributed by atoms with Crippen LogP contribution in [-0.2, 0) is 0 Å². The minimum absolute atomic E-state index is 0.105. The highest BCUT2D eigenvalue weighted by atomic mass is 19.1. The molecule has 1 rings (SSSR count). The number of nitro groups is 1. The van der Waals surface area contributed by atoms with E-state index in [0.717, 1.165) is 12.1 Å². The molecule has 0 N–H and O–H groups in total. The van der Waals surface area contributed by atoms with Crippen LogP contribution in [0.25, 0.3) is 4.85 Å². The minimum Gasteiger partial charge on any atom is -0.258 e. The Morgan fingerprint density at radius 1 is 1.62 bits per heavy atom. The Labute approximate surface area is 73.6 Å². The summed E-state index contributed by atoms with van der Waals surface area (Å²) in [7, 11) is 0. The van der Waals surface area contributed by atoms with Crippen molar-refractivity contribution in [1.29, 1.82) is 0 Å². The Hall–Kier alpha value is -1.96. The van der Waals surface area contributed by atoms with Gasteiger partial charge in [0.1, 0.15) is 0 Å². The third-order valence-corrected chi connectivity index (χ3v) is 1.58. The fraction of sp³-hybridized carbons (Fsp3) is 0.125. The molecule has 0 spiro atoms. The first-order valence-electron chi connectivity index (χ1n) is 3.38. The molecule has 0 heterocycles. The molecule has 0 fully saturated rings. The molecule has 13 heavy (non-hydrogen) atoms. The second-order valence-electron chi connectivity index (χ2n) is 2.46. The van der Waals surface area contributed by atoms with Gasteiger partial charge in [-0.15, -0.1) is 0 Å². The standard InChI is InChI=1S/C8H5FN2O2/c1-5-3-6(9)8(11(12)13)4-7(5)10-2/h3-4H,1H3. The first-order valence-corrected chi connectivity index (χ1v) is 3.38. The molecule has 0 atom stereocenters. The predicted molar refractivity (Wildman–Crippen MR) is 44.1 cm³/mol. The number of aryl methyl sites for hydroxylation is 1. The summed E-state index contributed by atoms with van der Waals surface area (Å²) < 4.78 is 12.9. The van der Waals surface area contributed by atoms with Crippen molar-refractivity contribution in [2.75, 3.05) is 0 Å². The van der Waals surface area contributed by atoms with Crippen LogP contribution in [0.2, 0.25) is 0 Å². The van der Waals surface area contributed by atoms with Gasteiger partial charge < -0.3 is 0 Å². The van der Waals surface area contributed by atoms with Gasteiger partial charge in [-0.3, -0.25) is 10.1 Å². The van der Waals surface area contributed by atoms with Crippen molar-refractivity contribution in [3.05, 3.63) is 45.0 Å². The van der Waals surface area contributed by atoms with Crippen LogP contribution in [0.4, 0.5) is 15.8 Å². The van der Waals surface area contributed by atoms with Gasteiger partial charge in [0, 0.05) is 6.07 Å². The molecule has 5 heteroatoms. The smallest absolute Gasteiger partial charge is 0.258 e. The lowest BCUT2D eigenvalue weighted by Crippen LogP contribution is -1.92. The van der Waals surface area contributed by atoms with Crippen molar-refractivity contribution in [1.82, 2.24) is 0 Å². The van der Waals surface area contributed by atoms with Crippen LogP contribution >= 0.6 is 0 Å². The lowest BCUT2D eigenvalue weighted by molar-refractivity contribution is -0.387. The Balaban J connectivity index is 3.41. The summed E-state index contributed by atoms with van der Waals surface area (Å²) in [4.78, 5) is 12.5. The fourth-order valence-electron chi connectivity index (χ4n) is 0.911. The maximum absolute atomic E-state index is 12.9. The predicted octanol–water partition coefficient (Wildman–Crippen LogP) is 2.59. The van der Waals surface area contributed by atoms with E-state index in [4.69, 9.17) is 6.57 Å². The first-order chi connectivity index (χ1) is 6.06. The molecule has 0 saturated heterocycles. The molecule has 1 aromatic carbocycles. The van der Waals surface area contributed by atoms with Gasteiger partial charge in [-0.1, -0.05) is 0 Å². The Bertz CT molecular complexity index is 409. The molecule has 4 nitrogen and oxygen atoms in total. The van der Waals surface area contributed by atoms with E-state index >= 15 is 0 Å². The largest absolute Gasteiger partial charge is 0.294 e. The highest BCUT2D eigenvalue weighted by molar-refractivity contribution is 5.58. The van der Waals surface area contributed by atoms with Gasteiger partial charge in [0.25, 0.3) is 5.69 Å². The summed E-state index contributed by atoms with van der Waals surface area (Å²) in [6.07, 6.45) is 0. The van der Waals surface area contributed by atoms with Gasteiger partial charge >= 0.3 is 0 Å². The first kappa shape index (κ1) is 9.13. The molecule has 0 saturated carbocycles. The van der Waals surface area contributed by atoms with Crippen molar-refractivity contribution in [3.63, 3.8) is 0 Å². The summed E-state index contributed by atoms with van der Waals surface area (Å²) in [5, 5.41) is 10.3. The van der Waals surface area contributed by atoms with E-state index in [0.29, 0.717) is 5.56 Å². The summed E-state index contributed by atoms with van der Waals surface area (Å²) in [6.45, 7) is 8.20. The maximum Gasteiger partial charge on any atom is 0.294 e.